The third kappa shape index (κ3) is 4.30. The third-order valence-corrected chi connectivity index (χ3v) is 5.49. The van der Waals surface area contributed by atoms with Gasteiger partial charge in [-0.3, -0.25) is 14.7 Å². The van der Waals surface area contributed by atoms with E-state index in [0.29, 0.717) is 11.7 Å². The number of aromatic nitrogens is 3. The second kappa shape index (κ2) is 8.15. The lowest BCUT2D eigenvalue weighted by atomic mass is 10.2. The first kappa shape index (κ1) is 18.2. The van der Waals surface area contributed by atoms with Crippen molar-refractivity contribution in [3.63, 3.8) is 0 Å². The van der Waals surface area contributed by atoms with Crippen molar-refractivity contribution in [1.29, 1.82) is 0 Å². The van der Waals surface area contributed by atoms with Gasteiger partial charge in [0.05, 0.1) is 16.7 Å². The summed E-state index contributed by atoms with van der Waals surface area (Å²) in [6.45, 7) is 2.27. The van der Waals surface area contributed by atoms with Gasteiger partial charge in [0.25, 0.3) is 0 Å². The van der Waals surface area contributed by atoms with E-state index in [1.807, 2.05) is 52.4 Å². The van der Waals surface area contributed by atoms with Crippen LogP contribution in [0.25, 0.3) is 10.7 Å². The summed E-state index contributed by atoms with van der Waals surface area (Å²) in [7, 11) is 0. The molecule has 0 saturated carbocycles. The van der Waals surface area contributed by atoms with Crippen LogP contribution < -0.4 is 11.1 Å². The van der Waals surface area contributed by atoms with Gasteiger partial charge in [-0.1, -0.05) is 48.2 Å². The van der Waals surface area contributed by atoms with Gasteiger partial charge in [-0.15, -0.1) is 21.5 Å². The number of carbonyl (C=O) groups is 2. The Morgan fingerprint density at radius 1 is 1.23 bits per heavy atom. The standard InChI is InChI=1S/C17H17N5O2S2/c1-11(15(23)19-16(18)24)26-17-21-20-14(13-8-5-9-25-13)22(17)10-12-6-3-2-4-7-12/h2-9,11H,10H2,1H3,(H3,18,19,23,24)/t11-/m1/s1. The molecule has 3 rings (SSSR count). The zero-order chi connectivity index (χ0) is 18.5. The number of thioether (sulfide) groups is 1. The number of carbonyl (C=O) groups excluding carboxylic acids is 2. The monoisotopic (exact) mass is 387 g/mol. The van der Waals surface area contributed by atoms with E-state index < -0.39 is 17.2 Å². The lowest BCUT2D eigenvalue weighted by molar-refractivity contribution is -0.119. The minimum atomic E-state index is -0.868. The van der Waals surface area contributed by atoms with E-state index in [4.69, 9.17) is 5.73 Å². The van der Waals surface area contributed by atoms with Gasteiger partial charge in [0, 0.05) is 0 Å². The topological polar surface area (TPSA) is 103 Å². The molecule has 2 aromatic heterocycles. The van der Waals surface area contributed by atoms with Crippen LogP contribution in [0.3, 0.4) is 0 Å². The van der Waals surface area contributed by atoms with Crippen molar-refractivity contribution in [2.45, 2.75) is 23.9 Å². The fourth-order valence-corrected chi connectivity index (χ4v) is 3.87. The van der Waals surface area contributed by atoms with E-state index in [0.717, 1.165) is 16.3 Å². The van der Waals surface area contributed by atoms with Crippen LogP contribution >= 0.6 is 23.1 Å². The third-order valence-electron chi connectivity index (χ3n) is 3.54. The zero-order valence-corrected chi connectivity index (χ0v) is 15.6. The Kier molecular flexibility index (Phi) is 5.69. The minimum absolute atomic E-state index is 0.463. The molecule has 3 N–H and O–H groups in total. The summed E-state index contributed by atoms with van der Waals surface area (Å²) in [4.78, 5) is 23.9. The van der Waals surface area contributed by atoms with E-state index in [1.54, 1.807) is 18.3 Å². The van der Waals surface area contributed by atoms with Crippen molar-refractivity contribution in [1.82, 2.24) is 20.1 Å². The maximum Gasteiger partial charge on any atom is 0.318 e. The molecule has 2 heterocycles. The number of imide groups is 1. The number of thiophene rings is 1. The summed E-state index contributed by atoms with van der Waals surface area (Å²) in [5.74, 6) is 0.281. The average molecular weight is 387 g/mol. The molecule has 0 radical (unpaired) electrons. The van der Waals surface area contributed by atoms with Crippen LogP contribution in [0.2, 0.25) is 0 Å². The summed E-state index contributed by atoms with van der Waals surface area (Å²) < 4.78 is 1.97. The van der Waals surface area contributed by atoms with Gasteiger partial charge < -0.3 is 5.73 Å². The lowest BCUT2D eigenvalue weighted by Gasteiger charge is -2.12. The Hall–Kier alpha value is -2.65. The predicted molar refractivity (Wildman–Crippen MR) is 102 cm³/mol. The average Bonchev–Trinajstić information content (AvgIpc) is 3.26. The maximum atomic E-state index is 12.0. The molecule has 1 atom stereocenters. The van der Waals surface area contributed by atoms with Gasteiger partial charge in [0.2, 0.25) is 5.91 Å². The second-order valence-electron chi connectivity index (χ2n) is 5.47. The van der Waals surface area contributed by atoms with Crippen LogP contribution in [0, 0.1) is 0 Å². The molecule has 0 bridgehead atoms. The van der Waals surface area contributed by atoms with Crippen molar-refractivity contribution >= 4 is 35.0 Å². The molecule has 3 aromatic rings. The van der Waals surface area contributed by atoms with E-state index >= 15 is 0 Å². The van der Waals surface area contributed by atoms with Crippen LogP contribution in [0.4, 0.5) is 4.79 Å². The van der Waals surface area contributed by atoms with Crippen LogP contribution in [-0.4, -0.2) is 32.0 Å². The van der Waals surface area contributed by atoms with Crippen molar-refractivity contribution in [2.24, 2.45) is 5.73 Å². The first-order chi connectivity index (χ1) is 12.5. The molecule has 26 heavy (non-hydrogen) atoms. The van der Waals surface area contributed by atoms with Crippen molar-refractivity contribution in [3.05, 3.63) is 53.4 Å². The van der Waals surface area contributed by atoms with Gasteiger partial charge in [0.15, 0.2) is 11.0 Å². The summed E-state index contributed by atoms with van der Waals surface area (Å²) in [6.07, 6.45) is 0. The van der Waals surface area contributed by atoms with E-state index in [9.17, 15) is 9.59 Å². The molecule has 0 aliphatic rings. The molecule has 9 heteroatoms. The Balaban J connectivity index is 1.90. The van der Waals surface area contributed by atoms with Crippen LogP contribution in [0.5, 0.6) is 0 Å². The maximum absolute atomic E-state index is 12.0. The number of benzene rings is 1. The quantitative estimate of drug-likeness (QED) is 0.633. The Bertz CT molecular complexity index is 893. The Morgan fingerprint density at radius 2 is 2.00 bits per heavy atom. The molecule has 134 valence electrons. The van der Waals surface area contributed by atoms with Crippen LogP contribution in [0.15, 0.2) is 53.0 Å². The number of hydrogen-bond acceptors (Lipinski definition) is 6. The Labute approximate surface area is 158 Å². The molecule has 3 amide bonds. The van der Waals surface area contributed by atoms with Gasteiger partial charge in [-0.2, -0.15) is 0 Å². The van der Waals surface area contributed by atoms with Gasteiger partial charge in [0.1, 0.15) is 0 Å². The largest absolute Gasteiger partial charge is 0.351 e. The number of hydrogen-bond donors (Lipinski definition) is 2. The lowest BCUT2D eigenvalue weighted by Crippen LogP contribution is -2.39. The van der Waals surface area contributed by atoms with Gasteiger partial charge >= 0.3 is 6.03 Å². The highest BCUT2D eigenvalue weighted by Gasteiger charge is 2.22. The number of nitrogens with zero attached hydrogens (tertiary/aromatic N) is 3. The number of amides is 3. The Morgan fingerprint density at radius 3 is 2.65 bits per heavy atom. The van der Waals surface area contributed by atoms with Crippen molar-refractivity contribution in [3.8, 4) is 10.7 Å². The molecule has 0 aliphatic heterocycles. The first-order valence-corrected chi connectivity index (χ1v) is 9.58. The number of nitrogens with one attached hydrogen (secondary N) is 1. The van der Waals surface area contributed by atoms with Gasteiger partial charge in [-0.05, 0) is 23.9 Å². The molecule has 0 spiro atoms. The molecule has 0 unspecified atom stereocenters. The highest BCUT2D eigenvalue weighted by Crippen LogP contribution is 2.30. The van der Waals surface area contributed by atoms with E-state index in [-0.39, 0.29) is 0 Å². The number of urea groups is 1. The molecular weight excluding hydrogens is 370 g/mol. The number of rotatable bonds is 6. The van der Waals surface area contributed by atoms with E-state index in [1.165, 1.54) is 11.8 Å². The molecule has 0 fully saturated rings. The summed E-state index contributed by atoms with van der Waals surface area (Å²) >= 11 is 2.81. The summed E-state index contributed by atoms with van der Waals surface area (Å²) in [5, 5.41) is 12.7. The molecule has 7 nitrogen and oxygen atoms in total. The minimum Gasteiger partial charge on any atom is -0.351 e. The van der Waals surface area contributed by atoms with Gasteiger partial charge in [-0.25, -0.2) is 4.79 Å². The van der Waals surface area contributed by atoms with E-state index in [2.05, 4.69) is 15.5 Å². The smallest absolute Gasteiger partial charge is 0.318 e. The summed E-state index contributed by atoms with van der Waals surface area (Å²) in [6, 6.07) is 13.0. The number of nitrogens with two attached hydrogens (primary N) is 1. The fraction of sp³-hybridized carbons (Fsp3) is 0.176. The molecular formula is C17H17N5O2S2. The normalized spacial score (nSPS) is 11.9. The van der Waals surface area contributed by atoms with Crippen molar-refractivity contribution in [2.75, 3.05) is 0 Å². The molecule has 0 saturated heterocycles. The van der Waals surface area contributed by atoms with Crippen molar-refractivity contribution < 1.29 is 9.59 Å². The van der Waals surface area contributed by atoms with Crippen LogP contribution in [0.1, 0.15) is 12.5 Å². The highest BCUT2D eigenvalue weighted by atomic mass is 32.2. The summed E-state index contributed by atoms with van der Waals surface area (Å²) in [5.41, 5.74) is 6.11. The highest BCUT2D eigenvalue weighted by molar-refractivity contribution is 8.00. The molecule has 1 aromatic carbocycles. The first-order valence-electron chi connectivity index (χ1n) is 7.82. The molecule has 0 aliphatic carbocycles. The zero-order valence-electron chi connectivity index (χ0n) is 14.0. The SMILES string of the molecule is C[C@@H](Sc1nnc(-c2cccs2)n1Cc1ccccc1)C(=O)NC(N)=O. The number of primary amides is 1. The predicted octanol–water partition coefficient (Wildman–Crippen LogP) is 2.73. The fourth-order valence-electron chi connectivity index (χ4n) is 2.31. The second-order valence-corrected chi connectivity index (χ2v) is 7.72. The van der Waals surface area contributed by atoms with Crippen LogP contribution in [-0.2, 0) is 11.3 Å².